The molecule has 0 bridgehead atoms. The Hall–Kier alpha value is -4.28. The van der Waals surface area contributed by atoms with Crippen molar-refractivity contribution in [2.45, 2.75) is 142 Å². The lowest BCUT2D eigenvalue weighted by molar-refractivity contribution is 0.295. The lowest BCUT2D eigenvalue weighted by Crippen LogP contribution is -2.03. The normalized spacial score (nSPS) is 11.6. The Morgan fingerprint density at radius 2 is 0.769 bits per heavy atom. The first-order valence-corrected chi connectivity index (χ1v) is 20.5. The molecule has 0 atom stereocenters. The van der Waals surface area contributed by atoms with Gasteiger partial charge < -0.3 is 9.47 Å². The first kappa shape index (κ1) is 42.1. The highest BCUT2D eigenvalue weighted by atomic mass is 16.5. The zero-order valence-electron chi connectivity index (χ0n) is 32.4. The van der Waals surface area contributed by atoms with Crippen molar-refractivity contribution >= 4 is 23.3 Å². The highest BCUT2D eigenvalue weighted by molar-refractivity contribution is 5.93. The summed E-state index contributed by atoms with van der Waals surface area (Å²) < 4.78 is 13.0. The van der Waals surface area contributed by atoms with Gasteiger partial charge in [-0.1, -0.05) is 190 Å². The topological polar surface area (TPSA) is 66.0 Å². The van der Waals surface area contributed by atoms with Gasteiger partial charge in [-0.05, 0) is 48.3 Å². The molecule has 3 rings (SSSR count). The van der Waals surface area contributed by atoms with E-state index in [9.17, 15) is 10.5 Å². The molecule has 0 radical (unpaired) electrons. The van der Waals surface area contributed by atoms with Crippen LogP contribution in [0.1, 0.15) is 165 Å². The van der Waals surface area contributed by atoms with Crippen molar-refractivity contribution < 1.29 is 9.47 Å². The number of rotatable bonds is 28. The predicted molar refractivity (Wildman–Crippen MR) is 221 cm³/mol. The van der Waals surface area contributed by atoms with E-state index in [1.807, 2.05) is 84.9 Å². The Morgan fingerprint density at radius 3 is 1.08 bits per heavy atom. The number of unbranched alkanes of at least 4 members (excludes halogenated alkanes) is 18. The van der Waals surface area contributed by atoms with E-state index in [-0.39, 0.29) is 0 Å². The van der Waals surface area contributed by atoms with Gasteiger partial charge in [0.25, 0.3) is 0 Å². The van der Waals surface area contributed by atoms with Crippen LogP contribution in [0.2, 0.25) is 0 Å². The molecular weight excluding hydrogens is 637 g/mol. The molecule has 0 saturated carbocycles. The maximum atomic E-state index is 10.2. The van der Waals surface area contributed by atoms with E-state index in [1.165, 1.54) is 103 Å². The smallest absolute Gasteiger partial charge is 0.127 e. The van der Waals surface area contributed by atoms with E-state index in [2.05, 4.69) is 26.0 Å². The van der Waals surface area contributed by atoms with E-state index in [0.29, 0.717) is 35.9 Å². The average molecular weight is 701 g/mol. The number of hydrogen-bond acceptors (Lipinski definition) is 4. The van der Waals surface area contributed by atoms with Crippen LogP contribution in [0.3, 0.4) is 0 Å². The fraction of sp³-hybridized carbons (Fsp3) is 0.500. The summed E-state index contributed by atoms with van der Waals surface area (Å²) in [5, 5.41) is 20.4. The van der Waals surface area contributed by atoms with Gasteiger partial charge in [-0.2, -0.15) is 10.5 Å². The van der Waals surface area contributed by atoms with Gasteiger partial charge in [0.05, 0.1) is 36.5 Å². The van der Waals surface area contributed by atoms with Crippen LogP contribution in [0.5, 0.6) is 11.5 Å². The summed E-state index contributed by atoms with van der Waals surface area (Å²) in [7, 11) is 0. The van der Waals surface area contributed by atoms with Crippen LogP contribution in [0, 0.1) is 22.7 Å². The third kappa shape index (κ3) is 16.8. The molecule has 0 aliphatic carbocycles. The quantitative estimate of drug-likeness (QED) is 0.0430. The first-order chi connectivity index (χ1) is 25.7. The molecule has 4 heteroatoms. The Morgan fingerprint density at radius 1 is 0.462 bits per heavy atom. The second-order valence-corrected chi connectivity index (χ2v) is 14.1. The minimum atomic E-state index is 0.565. The lowest BCUT2D eigenvalue weighted by Gasteiger charge is -2.16. The van der Waals surface area contributed by atoms with Gasteiger partial charge in [0, 0.05) is 11.1 Å². The van der Waals surface area contributed by atoms with Crippen molar-refractivity contribution in [3.05, 3.63) is 95.1 Å². The number of nitrogens with zero attached hydrogens (tertiary/aromatic N) is 2. The average Bonchev–Trinajstić information content (AvgIpc) is 3.18. The summed E-state index contributed by atoms with van der Waals surface area (Å²) in [6.07, 6.45) is 29.0. The van der Waals surface area contributed by atoms with Crippen molar-refractivity contribution in [1.29, 1.82) is 10.5 Å². The molecule has 3 aromatic carbocycles. The second kappa shape index (κ2) is 27.4. The molecule has 0 heterocycles. The summed E-state index contributed by atoms with van der Waals surface area (Å²) in [5.41, 5.74) is 4.46. The third-order valence-corrected chi connectivity index (χ3v) is 9.66. The van der Waals surface area contributed by atoms with Gasteiger partial charge in [0.15, 0.2) is 0 Å². The summed E-state index contributed by atoms with van der Waals surface area (Å²) in [5.74, 6) is 1.39. The highest BCUT2D eigenvalue weighted by Gasteiger charge is 2.14. The van der Waals surface area contributed by atoms with E-state index in [4.69, 9.17) is 9.47 Å². The molecule has 0 fully saturated rings. The molecule has 0 aliphatic heterocycles. The predicted octanol–water partition coefficient (Wildman–Crippen LogP) is 14.4. The maximum absolute atomic E-state index is 10.2. The summed E-state index contributed by atoms with van der Waals surface area (Å²) in [6.45, 7) is 5.72. The Bertz CT molecular complexity index is 1410. The van der Waals surface area contributed by atoms with Crippen LogP contribution in [0.25, 0.3) is 23.3 Å². The largest absolute Gasteiger partial charge is 0.493 e. The number of ether oxygens (including phenoxy) is 2. The molecule has 52 heavy (non-hydrogen) atoms. The molecule has 4 nitrogen and oxygen atoms in total. The minimum Gasteiger partial charge on any atom is -0.493 e. The monoisotopic (exact) mass is 700 g/mol. The Kier molecular flexibility index (Phi) is 22.2. The van der Waals surface area contributed by atoms with E-state index in [1.54, 1.807) is 0 Å². The lowest BCUT2D eigenvalue weighted by atomic mass is 9.99. The first-order valence-electron chi connectivity index (χ1n) is 20.5. The van der Waals surface area contributed by atoms with Crippen LogP contribution in [-0.2, 0) is 0 Å². The number of nitriles is 2. The number of benzene rings is 3. The van der Waals surface area contributed by atoms with Crippen LogP contribution in [-0.4, -0.2) is 13.2 Å². The SMILES string of the molecule is CCCCCCCCCCCCOc1cc(/C=C(/C#N)c2ccccc2)c(OCCCCCCCCCCCC)cc1/C=C(/C#N)c1ccccc1. The molecule has 0 aliphatic rings. The van der Waals surface area contributed by atoms with Crippen LogP contribution in [0.4, 0.5) is 0 Å². The zero-order chi connectivity index (χ0) is 36.9. The highest BCUT2D eigenvalue weighted by Crippen LogP contribution is 2.35. The zero-order valence-corrected chi connectivity index (χ0v) is 32.4. The third-order valence-electron chi connectivity index (χ3n) is 9.66. The van der Waals surface area contributed by atoms with Gasteiger partial charge >= 0.3 is 0 Å². The molecular formula is C48H64N2O2. The van der Waals surface area contributed by atoms with Crippen molar-refractivity contribution in [3.63, 3.8) is 0 Å². The van der Waals surface area contributed by atoms with Gasteiger partial charge in [0.1, 0.15) is 11.5 Å². The van der Waals surface area contributed by atoms with Crippen molar-refractivity contribution in [2.75, 3.05) is 13.2 Å². The molecule has 0 saturated heterocycles. The molecule has 3 aromatic rings. The van der Waals surface area contributed by atoms with Gasteiger partial charge in [-0.15, -0.1) is 0 Å². The molecule has 278 valence electrons. The second-order valence-electron chi connectivity index (χ2n) is 14.1. The van der Waals surface area contributed by atoms with E-state index >= 15 is 0 Å². The van der Waals surface area contributed by atoms with Crippen LogP contribution < -0.4 is 9.47 Å². The fourth-order valence-electron chi connectivity index (χ4n) is 6.52. The molecule has 0 N–H and O–H groups in total. The minimum absolute atomic E-state index is 0.565. The van der Waals surface area contributed by atoms with E-state index in [0.717, 1.165) is 47.9 Å². The van der Waals surface area contributed by atoms with Crippen molar-refractivity contribution in [3.8, 4) is 23.6 Å². The van der Waals surface area contributed by atoms with Gasteiger partial charge in [-0.25, -0.2) is 0 Å². The number of hydrogen-bond donors (Lipinski definition) is 0. The molecule has 0 aromatic heterocycles. The van der Waals surface area contributed by atoms with Gasteiger partial charge in [-0.3, -0.25) is 0 Å². The van der Waals surface area contributed by atoms with Gasteiger partial charge in [0.2, 0.25) is 0 Å². The maximum Gasteiger partial charge on any atom is 0.127 e. The standard InChI is InChI=1S/C48H64N2O2/c1-3-5-7-9-11-13-15-17-19-27-33-51-47-37-44(36-46(40-50)42-31-25-22-26-32-42)48(52-34-28-20-18-16-14-12-10-8-6-4-2)38-43(47)35-45(39-49)41-29-23-21-24-30-41/h21-26,29-32,35-38H,3-20,27-28,33-34H2,1-2H3/b45-35-,46-36-. The Balaban J connectivity index is 1.79. The van der Waals surface area contributed by atoms with Crippen molar-refractivity contribution in [2.24, 2.45) is 0 Å². The number of allylic oxidation sites excluding steroid dienone is 2. The van der Waals surface area contributed by atoms with Crippen LogP contribution in [0.15, 0.2) is 72.8 Å². The molecule has 0 amide bonds. The fourth-order valence-corrected chi connectivity index (χ4v) is 6.52. The summed E-state index contributed by atoms with van der Waals surface area (Å²) in [6, 6.07) is 28.3. The molecule has 0 unspecified atom stereocenters. The molecule has 0 spiro atoms. The van der Waals surface area contributed by atoms with E-state index < -0.39 is 0 Å². The van der Waals surface area contributed by atoms with Crippen molar-refractivity contribution in [1.82, 2.24) is 0 Å². The summed E-state index contributed by atoms with van der Waals surface area (Å²) in [4.78, 5) is 0. The Labute approximate surface area is 316 Å². The summed E-state index contributed by atoms with van der Waals surface area (Å²) >= 11 is 0. The van der Waals surface area contributed by atoms with Crippen LogP contribution >= 0.6 is 0 Å².